The minimum Gasteiger partial charge on any atom is -0.380 e. The van der Waals surface area contributed by atoms with E-state index in [4.69, 9.17) is 0 Å². The van der Waals surface area contributed by atoms with E-state index in [2.05, 4.69) is 15.4 Å². The van der Waals surface area contributed by atoms with E-state index in [9.17, 15) is 23.3 Å². The third kappa shape index (κ3) is 4.39. The zero-order valence-electron chi connectivity index (χ0n) is 11.5. The lowest BCUT2D eigenvalue weighted by atomic mass is 10.2. The molecule has 1 aromatic rings. The van der Waals surface area contributed by atoms with Crippen LogP contribution in [0.4, 0.5) is 11.4 Å². The van der Waals surface area contributed by atoms with Crippen molar-refractivity contribution in [3.05, 3.63) is 28.3 Å². The van der Waals surface area contributed by atoms with E-state index in [-0.39, 0.29) is 16.3 Å². The van der Waals surface area contributed by atoms with Gasteiger partial charge in [0.25, 0.3) is 5.69 Å². The number of anilines is 1. The van der Waals surface area contributed by atoms with E-state index in [1.807, 2.05) is 0 Å². The van der Waals surface area contributed by atoms with Crippen LogP contribution in [0.3, 0.4) is 0 Å². The van der Waals surface area contributed by atoms with Gasteiger partial charge in [0.2, 0.25) is 15.9 Å². The first-order chi connectivity index (χ1) is 9.81. The van der Waals surface area contributed by atoms with Crippen molar-refractivity contribution in [3.63, 3.8) is 0 Å². The van der Waals surface area contributed by atoms with Crippen LogP contribution in [0.15, 0.2) is 23.1 Å². The lowest BCUT2D eigenvalue weighted by Crippen LogP contribution is -2.35. The van der Waals surface area contributed by atoms with Crippen LogP contribution >= 0.6 is 0 Å². The van der Waals surface area contributed by atoms with E-state index in [1.165, 1.54) is 19.2 Å². The number of sulfonamides is 1. The van der Waals surface area contributed by atoms with Crippen molar-refractivity contribution < 1.29 is 18.1 Å². The van der Waals surface area contributed by atoms with Crippen molar-refractivity contribution >= 4 is 27.3 Å². The maximum atomic E-state index is 12.0. The number of amides is 1. The first-order valence-corrected chi connectivity index (χ1v) is 7.52. The van der Waals surface area contributed by atoms with Crippen molar-refractivity contribution in [1.82, 2.24) is 10.0 Å². The first-order valence-electron chi connectivity index (χ1n) is 6.04. The second-order valence-corrected chi connectivity index (χ2v) is 5.73. The highest BCUT2D eigenvalue weighted by Gasteiger charge is 2.21. The number of nitrogens with one attached hydrogen (secondary N) is 3. The summed E-state index contributed by atoms with van der Waals surface area (Å²) in [7, 11) is -2.63. The smallest absolute Gasteiger partial charge is 0.293 e. The topological polar surface area (TPSA) is 130 Å². The van der Waals surface area contributed by atoms with E-state index in [1.54, 1.807) is 6.92 Å². The molecule has 0 bridgehead atoms. The first kappa shape index (κ1) is 16.9. The number of rotatable bonds is 7. The van der Waals surface area contributed by atoms with Gasteiger partial charge in [-0.2, -0.15) is 0 Å². The van der Waals surface area contributed by atoms with Gasteiger partial charge in [-0.3, -0.25) is 14.9 Å². The molecule has 0 saturated carbocycles. The zero-order valence-corrected chi connectivity index (χ0v) is 12.4. The van der Waals surface area contributed by atoms with Crippen LogP contribution in [0.25, 0.3) is 0 Å². The van der Waals surface area contributed by atoms with Gasteiger partial charge in [0.15, 0.2) is 0 Å². The van der Waals surface area contributed by atoms with Gasteiger partial charge in [-0.25, -0.2) is 13.1 Å². The summed E-state index contributed by atoms with van der Waals surface area (Å²) in [6, 6.07) is 3.50. The predicted octanol–water partition coefficient (Wildman–Crippen LogP) is 0.0509. The van der Waals surface area contributed by atoms with Crippen molar-refractivity contribution in [3.8, 4) is 0 Å². The number of benzene rings is 1. The van der Waals surface area contributed by atoms with Gasteiger partial charge in [-0.05, 0) is 19.1 Å². The fourth-order valence-corrected chi connectivity index (χ4v) is 2.50. The molecule has 9 nitrogen and oxygen atoms in total. The van der Waals surface area contributed by atoms with Gasteiger partial charge in [-0.1, -0.05) is 0 Å². The molecule has 116 valence electrons. The molecule has 10 heteroatoms. The molecule has 21 heavy (non-hydrogen) atoms. The SMILES string of the molecule is CCNc1ccc(S(=O)(=O)NCC(=O)NC)cc1[N+](=O)[O-]. The second kappa shape index (κ2) is 6.99. The quantitative estimate of drug-likeness (QED) is 0.481. The largest absolute Gasteiger partial charge is 0.380 e. The Hall–Kier alpha value is -2.20. The van der Waals surface area contributed by atoms with E-state index in [0.717, 1.165) is 6.07 Å². The molecule has 0 radical (unpaired) electrons. The number of nitro groups is 1. The Bertz CT molecular complexity index is 644. The number of likely N-dealkylation sites (N-methyl/N-ethyl adjacent to an activating group) is 1. The number of nitrogens with zero attached hydrogens (tertiary/aromatic N) is 1. The molecule has 0 spiro atoms. The highest BCUT2D eigenvalue weighted by molar-refractivity contribution is 7.89. The summed E-state index contributed by atoms with van der Waals surface area (Å²) in [5.41, 5.74) is -0.118. The fraction of sp³-hybridized carbons (Fsp3) is 0.364. The van der Waals surface area contributed by atoms with Crippen LogP contribution in [0.1, 0.15) is 6.92 Å². The van der Waals surface area contributed by atoms with Crippen LogP contribution in [0.5, 0.6) is 0 Å². The van der Waals surface area contributed by atoms with Gasteiger partial charge < -0.3 is 10.6 Å². The predicted molar refractivity (Wildman–Crippen MR) is 76.5 cm³/mol. The Labute approximate surface area is 121 Å². The van der Waals surface area contributed by atoms with Crippen LogP contribution in [0, 0.1) is 10.1 Å². The molecule has 1 amide bonds. The molecule has 0 fully saturated rings. The average Bonchev–Trinajstić information content (AvgIpc) is 2.45. The van der Waals surface area contributed by atoms with Crippen molar-refractivity contribution in [2.24, 2.45) is 0 Å². The molecule has 0 atom stereocenters. The van der Waals surface area contributed by atoms with Gasteiger partial charge in [0.1, 0.15) is 5.69 Å². The Morgan fingerprint density at radius 2 is 2.05 bits per heavy atom. The summed E-state index contributed by atoms with van der Waals surface area (Å²) in [6.45, 7) is 1.78. The normalized spacial score (nSPS) is 11.0. The van der Waals surface area contributed by atoms with Crippen LogP contribution in [-0.4, -0.2) is 39.4 Å². The molecule has 1 aromatic carbocycles. The molecule has 1 rings (SSSR count). The molecule has 3 N–H and O–H groups in total. The van der Waals surface area contributed by atoms with Gasteiger partial charge in [0.05, 0.1) is 16.4 Å². The van der Waals surface area contributed by atoms with E-state index < -0.39 is 27.4 Å². The lowest BCUT2D eigenvalue weighted by molar-refractivity contribution is -0.384. The second-order valence-electron chi connectivity index (χ2n) is 3.96. The molecule has 0 aliphatic heterocycles. The average molecular weight is 316 g/mol. The molecule has 0 unspecified atom stereocenters. The van der Waals surface area contributed by atoms with Gasteiger partial charge >= 0.3 is 0 Å². The van der Waals surface area contributed by atoms with Crippen molar-refractivity contribution in [2.45, 2.75) is 11.8 Å². The van der Waals surface area contributed by atoms with E-state index >= 15 is 0 Å². The maximum Gasteiger partial charge on any atom is 0.293 e. The third-order valence-corrected chi connectivity index (χ3v) is 3.94. The summed E-state index contributed by atoms with van der Waals surface area (Å²) >= 11 is 0. The number of hydrogen-bond acceptors (Lipinski definition) is 6. The van der Waals surface area contributed by atoms with Gasteiger partial charge in [0, 0.05) is 19.7 Å². The Morgan fingerprint density at radius 3 is 2.57 bits per heavy atom. The zero-order chi connectivity index (χ0) is 16.0. The molecule has 0 aromatic heterocycles. The van der Waals surface area contributed by atoms with Crippen LogP contribution in [-0.2, 0) is 14.8 Å². The fourth-order valence-electron chi connectivity index (χ4n) is 1.50. The molecule has 0 aliphatic rings. The summed E-state index contributed by atoms with van der Waals surface area (Å²) in [5.74, 6) is -0.516. The summed E-state index contributed by atoms with van der Waals surface area (Å²) in [4.78, 5) is 21.1. The summed E-state index contributed by atoms with van der Waals surface area (Å²) in [5, 5.41) is 16.0. The van der Waals surface area contributed by atoms with Crippen LogP contribution < -0.4 is 15.4 Å². The molecular weight excluding hydrogens is 300 g/mol. The van der Waals surface area contributed by atoms with Crippen molar-refractivity contribution in [1.29, 1.82) is 0 Å². The Kier molecular flexibility index (Phi) is 5.61. The number of nitro benzene ring substituents is 1. The third-order valence-electron chi connectivity index (χ3n) is 2.55. The van der Waals surface area contributed by atoms with Crippen LogP contribution in [0.2, 0.25) is 0 Å². The number of carbonyl (C=O) groups is 1. The summed E-state index contributed by atoms with van der Waals surface area (Å²) < 4.78 is 26.0. The van der Waals surface area contributed by atoms with Gasteiger partial charge in [-0.15, -0.1) is 0 Å². The minimum atomic E-state index is -4.00. The Balaban J connectivity index is 3.10. The molecule has 0 aliphatic carbocycles. The maximum absolute atomic E-state index is 12.0. The standard InChI is InChI=1S/C11H16N4O5S/c1-3-13-9-5-4-8(6-10(9)15(17)18)21(19,20)14-7-11(16)12-2/h4-6,13-14H,3,7H2,1-2H3,(H,12,16). The molecular formula is C11H16N4O5S. The van der Waals surface area contributed by atoms with Crippen molar-refractivity contribution in [2.75, 3.05) is 25.5 Å². The minimum absolute atomic E-state index is 0.229. The highest BCUT2D eigenvalue weighted by atomic mass is 32.2. The summed E-state index contributed by atoms with van der Waals surface area (Å²) in [6.07, 6.45) is 0. The number of carbonyl (C=O) groups excluding carboxylic acids is 1. The van der Waals surface area contributed by atoms with E-state index in [0.29, 0.717) is 6.54 Å². The highest BCUT2D eigenvalue weighted by Crippen LogP contribution is 2.27. The lowest BCUT2D eigenvalue weighted by Gasteiger charge is -2.08. The Morgan fingerprint density at radius 1 is 1.38 bits per heavy atom. The molecule has 0 saturated heterocycles. The molecule has 0 heterocycles. The monoisotopic (exact) mass is 316 g/mol. The number of hydrogen-bond donors (Lipinski definition) is 3.